The van der Waals surface area contributed by atoms with Crippen molar-refractivity contribution in [3.63, 3.8) is 0 Å². The van der Waals surface area contributed by atoms with E-state index in [0.29, 0.717) is 19.5 Å². The molecule has 0 aromatic carbocycles. The predicted octanol–water partition coefficient (Wildman–Crippen LogP) is -0.121. The normalized spacial score (nSPS) is 28.9. The first kappa shape index (κ1) is 25.8. The van der Waals surface area contributed by atoms with Crippen molar-refractivity contribution in [2.45, 2.75) is 78.1 Å². The Bertz CT molecular complexity index is 882. The number of nitrogens with two attached hydrogens (primary N) is 1. The molecule has 1 saturated carbocycles. The lowest BCUT2D eigenvalue weighted by atomic mass is 9.96. The molecule has 0 radical (unpaired) electrons. The van der Waals surface area contributed by atoms with Gasteiger partial charge in [-0.2, -0.15) is 0 Å². The number of carbonyl (C=O) groups is 5. The second kappa shape index (κ2) is 9.07. The van der Waals surface area contributed by atoms with E-state index >= 15 is 0 Å². The maximum atomic E-state index is 13.4. The second-order valence-electron chi connectivity index (χ2n) is 11.2. The van der Waals surface area contributed by atoms with E-state index in [4.69, 9.17) is 10.5 Å². The monoisotopic (exact) mass is 479 g/mol. The van der Waals surface area contributed by atoms with Gasteiger partial charge in [0, 0.05) is 19.0 Å². The van der Waals surface area contributed by atoms with Gasteiger partial charge >= 0.3 is 6.09 Å². The van der Waals surface area contributed by atoms with Crippen molar-refractivity contribution in [3.05, 3.63) is 0 Å². The lowest BCUT2D eigenvalue weighted by molar-refractivity contribution is -0.142. The summed E-state index contributed by atoms with van der Waals surface area (Å²) in [6.45, 7) is 11.7. The summed E-state index contributed by atoms with van der Waals surface area (Å²) in [5, 5.41) is 7.94. The van der Waals surface area contributed by atoms with Crippen LogP contribution in [0.25, 0.3) is 0 Å². The zero-order valence-corrected chi connectivity index (χ0v) is 20.8. The number of amides is 5. The Labute approximate surface area is 199 Å². The van der Waals surface area contributed by atoms with Crippen LogP contribution in [0.5, 0.6) is 0 Å². The average molecular weight is 480 g/mol. The zero-order valence-electron chi connectivity index (χ0n) is 20.8. The molecule has 3 fully saturated rings. The highest BCUT2D eigenvalue weighted by atomic mass is 16.6. The van der Waals surface area contributed by atoms with Crippen LogP contribution >= 0.6 is 0 Å². The fourth-order valence-electron chi connectivity index (χ4n) is 5.27. The molecule has 0 bridgehead atoms. The lowest BCUT2D eigenvalue weighted by Crippen LogP contribution is -2.58. The van der Waals surface area contributed by atoms with Crippen LogP contribution in [0.3, 0.4) is 0 Å². The van der Waals surface area contributed by atoms with Gasteiger partial charge in [-0.1, -0.05) is 13.8 Å². The van der Waals surface area contributed by atoms with E-state index in [1.807, 2.05) is 13.8 Å². The molecule has 11 nitrogen and oxygen atoms in total. The van der Waals surface area contributed by atoms with E-state index < -0.39 is 53.5 Å². The minimum atomic E-state index is -1.02. The van der Waals surface area contributed by atoms with Gasteiger partial charge in [-0.15, -0.1) is 0 Å². The van der Waals surface area contributed by atoms with Crippen LogP contribution in [0, 0.1) is 23.2 Å². The topological polar surface area (TPSA) is 160 Å². The van der Waals surface area contributed by atoms with E-state index in [1.165, 1.54) is 4.90 Å². The molecule has 2 aliphatic heterocycles. The summed E-state index contributed by atoms with van der Waals surface area (Å²) in [7, 11) is 0. The quantitative estimate of drug-likeness (QED) is 0.398. The highest BCUT2D eigenvalue weighted by molar-refractivity contribution is 5.95. The van der Waals surface area contributed by atoms with Crippen molar-refractivity contribution in [2.24, 2.45) is 28.9 Å². The second-order valence-corrected chi connectivity index (χ2v) is 11.2. The van der Waals surface area contributed by atoms with Crippen LogP contribution in [0.1, 0.15) is 54.4 Å². The molecule has 2 saturated heterocycles. The molecule has 3 rings (SSSR count). The summed E-state index contributed by atoms with van der Waals surface area (Å²) in [4.78, 5) is 64.2. The third-order valence-corrected chi connectivity index (χ3v) is 7.21. The summed E-state index contributed by atoms with van der Waals surface area (Å²) >= 11 is 0. The summed E-state index contributed by atoms with van der Waals surface area (Å²) in [6.07, 6.45) is -0.0394. The molecule has 5 amide bonds. The number of primary amides is 1. The standard InChI is InChI=1S/C23H37N5O6/c1-11(26-21(33)34-22(2,3)4)20(32)28-10-13-15(23(13,5)6)16(28)19(31)27-14(17(24)29)9-12-7-8-25-18(12)30/h11-16H,7-10H2,1-6H3,(H2,24,29)(H,25,30)(H,26,33)(H,27,31)/t11-,12-,13-,14-,15-,16-/m0/s1. The van der Waals surface area contributed by atoms with Gasteiger partial charge in [0.2, 0.25) is 23.6 Å². The van der Waals surface area contributed by atoms with Gasteiger partial charge < -0.3 is 31.3 Å². The fourth-order valence-corrected chi connectivity index (χ4v) is 5.27. The van der Waals surface area contributed by atoms with Gasteiger partial charge in [0.05, 0.1) is 0 Å². The minimum absolute atomic E-state index is 0.0755. The van der Waals surface area contributed by atoms with Crippen LogP contribution in [-0.2, 0) is 23.9 Å². The van der Waals surface area contributed by atoms with E-state index in [0.717, 1.165) is 0 Å². The molecule has 5 N–H and O–H groups in total. The molecule has 11 heteroatoms. The molecular formula is C23H37N5O6. The Hall–Kier alpha value is -2.85. The van der Waals surface area contributed by atoms with Gasteiger partial charge in [-0.05, 0) is 57.8 Å². The predicted molar refractivity (Wildman–Crippen MR) is 122 cm³/mol. The van der Waals surface area contributed by atoms with Crippen molar-refractivity contribution in [1.29, 1.82) is 0 Å². The Balaban J connectivity index is 1.71. The molecule has 0 spiro atoms. The Morgan fingerprint density at radius 1 is 1.24 bits per heavy atom. The van der Waals surface area contributed by atoms with E-state index in [9.17, 15) is 24.0 Å². The number of hydrogen-bond acceptors (Lipinski definition) is 6. The molecule has 34 heavy (non-hydrogen) atoms. The Morgan fingerprint density at radius 3 is 2.41 bits per heavy atom. The SMILES string of the molecule is C[C@H](NC(=O)OC(C)(C)C)C(=O)N1C[C@H]2[C@@H]([C@H]1C(=O)N[C@@H](C[C@@H]1CCNC1=O)C(N)=O)C2(C)C. The van der Waals surface area contributed by atoms with Crippen LogP contribution < -0.4 is 21.7 Å². The fraction of sp³-hybridized carbons (Fsp3) is 0.783. The highest BCUT2D eigenvalue weighted by Crippen LogP contribution is 2.64. The molecule has 190 valence electrons. The maximum absolute atomic E-state index is 13.4. The Morgan fingerprint density at radius 2 is 1.88 bits per heavy atom. The molecule has 2 heterocycles. The number of hydrogen-bond donors (Lipinski definition) is 4. The first-order chi connectivity index (χ1) is 15.6. The summed E-state index contributed by atoms with van der Waals surface area (Å²) in [6, 6.07) is -2.72. The van der Waals surface area contributed by atoms with E-state index in [1.54, 1.807) is 27.7 Å². The number of ether oxygens (including phenoxy) is 1. The van der Waals surface area contributed by atoms with E-state index in [-0.39, 0.29) is 29.6 Å². The van der Waals surface area contributed by atoms with Gasteiger partial charge in [0.1, 0.15) is 23.7 Å². The smallest absolute Gasteiger partial charge is 0.408 e. The third kappa shape index (κ3) is 5.28. The number of likely N-dealkylation sites (tertiary alicyclic amines) is 1. The third-order valence-electron chi connectivity index (χ3n) is 7.21. The van der Waals surface area contributed by atoms with Crippen LogP contribution in [-0.4, -0.2) is 71.4 Å². The van der Waals surface area contributed by atoms with Crippen molar-refractivity contribution in [1.82, 2.24) is 20.9 Å². The van der Waals surface area contributed by atoms with Crippen LogP contribution in [0.4, 0.5) is 4.79 Å². The van der Waals surface area contributed by atoms with Crippen molar-refractivity contribution >= 4 is 29.7 Å². The van der Waals surface area contributed by atoms with Crippen molar-refractivity contribution < 1.29 is 28.7 Å². The highest BCUT2D eigenvalue weighted by Gasteiger charge is 2.69. The van der Waals surface area contributed by atoms with Crippen molar-refractivity contribution in [3.8, 4) is 0 Å². The number of carbonyl (C=O) groups excluding carboxylic acids is 5. The molecule has 0 aromatic heterocycles. The Kier molecular flexibility index (Phi) is 6.87. The lowest BCUT2D eigenvalue weighted by Gasteiger charge is -2.33. The zero-order chi connectivity index (χ0) is 25.6. The molecule has 6 atom stereocenters. The van der Waals surface area contributed by atoms with Gasteiger partial charge in [-0.3, -0.25) is 19.2 Å². The number of rotatable bonds is 7. The molecular weight excluding hydrogens is 442 g/mol. The maximum Gasteiger partial charge on any atom is 0.408 e. The summed E-state index contributed by atoms with van der Waals surface area (Å²) < 4.78 is 5.23. The molecule has 1 aliphatic carbocycles. The van der Waals surface area contributed by atoms with E-state index in [2.05, 4.69) is 16.0 Å². The average Bonchev–Trinajstić information content (AvgIpc) is 3.06. The molecule has 0 aromatic rings. The number of alkyl carbamates (subject to hydrolysis) is 1. The number of fused-ring (bicyclic) bond motifs is 1. The molecule has 3 aliphatic rings. The largest absolute Gasteiger partial charge is 0.444 e. The van der Waals surface area contributed by atoms with Gasteiger partial charge in [0.25, 0.3) is 0 Å². The number of nitrogens with zero attached hydrogens (tertiary/aromatic N) is 1. The minimum Gasteiger partial charge on any atom is -0.444 e. The van der Waals surface area contributed by atoms with Crippen LogP contribution in [0.15, 0.2) is 0 Å². The van der Waals surface area contributed by atoms with Crippen molar-refractivity contribution in [2.75, 3.05) is 13.1 Å². The van der Waals surface area contributed by atoms with Gasteiger partial charge in [-0.25, -0.2) is 4.79 Å². The molecule has 0 unspecified atom stereocenters. The van der Waals surface area contributed by atoms with Crippen LogP contribution in [0.2, 0.25) is 0 Å². The number of piperidine rings is 1. The summed E-state index contributed by atoms with van der Waals surface area (Å²) in [5.74, 6) is -2.11. The van der Waals surface area contributed by atoms with Gasteiger partial charge in [0.15, 0.2) is 0 Å². The number of nitrogens with one attached hydrogen (secondary N) is 3. The summed E-state index contributed by atoms with van der Waals surface area (Å²) in [5.41, 5.74) is 4.68. The first-order valence-electron chi connectivity index (χ1n) is 11.8. The first-order valence-corrected chi connectivity index (χ1v) is 11.8.